The molecule has 5 nitrogen and oxygen atoms in total. The fourth-order valence-electron chi connectivity index (χ4n) is 3.21. The number of hydrogen-bond donors (Lipinski definition) is 1. The molecule has 150 valence electrons. The molecule has 1 N–H and O–H groups in total. The molecule has 1 saturated heterocycles. The van der Waals surface area contributed by atoms with Gasteiger partial charge in [0.05, 0.1) is 11.5 Å². The number of ether oxygens (including phenoxy) is 1. The molecule has 1 fully saturated rings. The average Bonchev–Trinajstić information content (AvgIpc) is 2.74. The Bertz CT molecular complexity index is 856. The minimum absolute atomic E-state index is 0.230. The highest BCUT2D eigenvalue weighted by molar-refractivity contribution is 7.89. The highest BCUT2D eigenvalue weighted by Gasteiger charge is 2.14. The van der Waals surface area contributed by atoms with Crippen LogP contribution in [0.1, 0.15) is 31.2 Å². The molecule has 6 heteroatoms. The van der Waals surface area contributed by atoms with E-state index in [1.54, 1.807) is 30.3 Å². The van der Waals surface area contributed by atoms with E-state index in [2.05, 4.69) is 28.3 Å². The van der Waals surface area contributed by atoms with Crippen molar-refractivity contribution < 1.29 is 13.2 Å². The molecule has 0 atom stereocenters. The number of sulfonamides is 1. The standard InChI is InChI=1S/C22H28N2O3S/c1-2-3-17-27-21-11-13-22(14-12-21)28(25,26)23-18-19-7-9-20(10-8-19)24-15-5-4-6-16-24/h2,7-14,23H,1,3-6,15-18H2. The summed E-state index contributed by atoms with van der Waals surface area (Å²) in [6.07, 6.45) is 6.30. The van der Waals surface area contributed by atoms with Crippen molar-refractivity contribution in [2.24, 2.45) is 0 Å². The van der Waals surface area contributed by atoms with Gasteiger partial charge in [-0.2, -0.15) is 0 Å². The van der Waals surface area contributed by atoms with Crippen LogP contribution in [0.5, 0.6) is 5.75 Å². The Kier molecular flexibility index (Phi) is 7.12. The molecule has 0 aliphatic carbocycles. The number of rotatable bonds is 9. The maximum Gasteiger partial charge on any atom is 0.240 e. The van der Waals surface area contributed by atoms with Gasteiger partial charge in [0.15, 0.2) is 0 Å². The summed E-state index contributed by atoms with van der Waals surface area (Å²) in [6, 6.07) is 14.6. The van der Waals surface area contributed by atoms with Gasteiger partial charge in [-0.1, -0.05) is 18.2 Å². The van der Waals surface area contributed by atoms with E-state index in [0.717, 1.165) is 25.1 Å². The summed E-state index contributed by atoms with van der Waals surface area (Å²) >= 11 is 0. The van der Waals surface area contributed by atoms with Gasteiger partial charge in [-0.15, -0.1) is 6.58 Å². The molecule has 3 rings (SSSR count). The number of nitrogens with one attached hydrogen (secondary N) is 1. The van der Waals surface area contributed by atoms with Crippen LogP contribution in [0.15, 0.2) is 66.1 Å². The maximum absolute atomic E-state index is 12.5. The van der Waals surface area contributed by atoms with E-state index in [1.807, 2.05) is 12.1 Å². The lowest BCUT2D eigenvalue weighted by atomic mass is 10.1. The van der Waals surface area contributed by atoms with Crippen LogP contribution in [0.4, 0.5) is 5.69 Å². The van der Waals surface area contributed by atoms with Crippen molar-refractivity contribution in [3.8, 4) is 5.75 Å². The van der Waals surface area contributed by atoms with E-state index in [1.165, 1.54) is 24.9 Å². The fraction of sp³-hybridized carbons (Fsp3) is 0.364. The van der Waals surface area contributed by atoms with E-state index in [0.29, 0.717) is 12.4 Å². The lowest BCUT2D eigenvalue weighted by Gasteiger charge is -2.28. The Hall–Kier alpha value is -2.31. The topological polar surface area (TPSA) is 58.6 Å². The second-order valence-electron chi connectivity index (χ2n) is 6.94. The Labute approximate surface area is 168 Å². The summed E-state index contributed by atoms with van der Waals surface area (Å²) < 4.78 is 33.2. The van der Waals surface area contributed by atoms with E-state index < -0.39 is 10.0 Å². The number of anilines is 1. The monoisotopic (exact) mass is 400 g/mol. The van der Waals surface area contributed by atoms with Gasteiger partial charge in [-0.3, -0.25) is 0 Å². The third kappa shape index (κ3) is 5.59. The minimum Gasteiger partial charge on any atom is -0.493 e. The van der Waals surface area contributed by atoms with Gasteiger partial charge < -0.3 is 9.64 Å². The molecule has 0 bridgehead atoms. The lowest BCUT2D eigenvalue weighted by molar-refractivity contribution is 0.325. The van der Waals surface area contributed by atoms with Crippen LogP contribution in [0.25, 0.3) is 0 Å². The molecule has 28 heavy (non-hydrogen) atoms. The molecule has 1 heterocycles. The van der Waals surface area contributed by atoms with Crippen LogP contribution in [0, 0.1) is 0 Å². The third-order valence-corrected chi connectivity index (χ3v) is 6.27. The van der Waals surface area contributed by atoms with Crippen molar-refractivity contribution in [2.75, 3.05) is 24.6 Å². The number of nitrogens with zero attached hydrogens (tertiary/aromatic N) is 1. The van der Waals surface area contributed by atoms with Gasteiger partial charge in [0.2, 0.25) is 10.0 Å². The first-order valence-corrected chi connectivity index (χ1v) is 11.2. The zero-order chi connectivity index (χ0) is 19.8. The van der Waals surface area contributed by atoms with Crippen molar-refractivity contribution in [3.05, 3.63) is 66.7 Å². The highest BCUT2D eigenvalue weighted by Crippen LogP contribution is 2.21. The van der Waals surface area contributed by atoms with Gasteiger partial charge in [0, 0.05) is 25.3 Å². The van der Waals surface area contributed by atoms with Gasteiger partial charge >= 0.3 is 0 Å². The Morgan fingerprint density at radius 1 is 1.00 bits per heavy atom. The van der Waals surface area contributed by atoms with Crippen LogP contribution in [-0.2, 0) is 16.6 Å². The zero-order valence-electron chi connectivity index (χ0n) is 16.1. The van der Waals surface area contributed by atoms with Crippen molar-refractivity contribution in [3.63, 3.8) is 0 Å². The molecular weight excluding hydrogens is 372 g/mol. The van der Waals surface area contributed by atoms with Crippen molar-refractivity contribution in [1.82, 2.24) is 4.72 Å². The predicted molar refractivity (Wildman–Crippen MR) is 113 cm³/mol. The minimum atomic E-state index is -3.56. The smallest absolute Gasteiger partial charge is 0.240 e. The Morgan fingerprint density at radius 3 is 2.32 bits per heavy atom. The second-order valence-corrected chi connectivity index (χ2v) is 8.70. The molecule has 0 radical (unpaired) electrons. The molecule has 0 amide bonds. The molecule has 0 aromatic heterocycles. The van der Waals surface area contributed by atoms with Gasteiger partial charge in [0.25, 0.3) is 0 Å². The van der Waals surface area contributed by atoms with Crippen LogP contribution in [0.2, 0.25) is 0 Å². The average molecular weight is 401 g/mol. The quantitative estimate of drug-likeness (QED) is 0.508. The summed E-state index contributed by atoms with van der Waals surface area (Å²) in [5.41, 5.74) is 2.15. The Morgan fingerprint density at radius 2 is 1.68 bits per heavy atom. The predicted octanol–water partition coefficient (Wildman–Crippen LogP) is 4.11. The van der Waals surface area contributed by atoms with Gasteiger partial charge in [0.1, 0.15) is 5.75 Å². The first-order valence-electron chi connectivity index (χ1n) is 9.76. The number of piperidine rings is 1. The highest BCUT2D eigenvalue weighted by atomic mass is 32.2. The summed E-state index contributed by atoms with van der Waals surface area (Å²) in [5.74, 6) is 0.647. The third-order valence-electron chi connectivity index (χ3n) is 4.85. The molecule has 2 aromatic carbocycles. The fourth-order valence-corrected chi connectivity index (χ4v) is 4.23. The van der Waals surface area contributed by atoms with Crippen molar-refractivity contribution >= 4 is 15.7 Å². The summed E-state index contributed by atoms with van der Waals surface area (Å²) in [6.45, 7) is 6.63. The van der Waals surface area contributed by atoms with Crippen LogP contribution in [0.3, 0.4) is 0 Å². The largest absolute Gasteiger partial charge is 0.493 e. The zero-order valence-corrected chi connectivity index (χ0v) is 17.0. The molecule has 1 aliphatic heterocycles. The molecule has 2 aromatic rings. The van der Waals surface area contributed by atoms with Gasteiger partial charge in [-0.25, -0.2) is 13.1 Å². The molecule has 0 saturated carbocycles. The second kappa shape index (κ2) is 9.75. The molecule has 0 spiro atoms. The maximum atomic E-state index is 12.5. The molecular formula is C22H28N2O3S. The number of benzene rings is 2. The van der Waals surface area contributed by atoms with Crippen molar-refractivity contribution in [2.45, 2.75) is 37.1 Å². The summed E-state index contributed by atoms with van der Waals surface area (Å²) in [4.78, 5) is 2.62. The normalized spacial score (nSPS) is 14.6. The molecule has 0 unspecified atom stereocenters. The van der Waals surface area contributed by atoms with Crippen LogP contribution >= 0.6 is 0 Å². The van der Waals surface area contributed by atoms with E-state index in [4.69, 9.17) is 4.74 Å². The Balaban J connectivity index is 1.56. The van der Waals surface area contributed by atoms with E-state index >= 15 is 0 Å². The first-order chi connectivity index (χ1) is 13.6. The molecule has 1 aliphatic rings. The first kappa shape index (κ1) is 20.4. The number of hydrogen-bond acceptors (Lipinski definition) is 4. The lowest BCUT2D eigenvalue weighted by Crippen LogP contribution is -2.29. The van der Waals surface area contributed by atoms with E-state index in [9.17, 15) is 8.42 Å². The van der Waals surface area contributed by atoms with E-state index in [-0.39, 0.29) is 11.4 Å². The van der Waals surface area contributed by atoms with Crippen molar-refractivity contribution in [1.29, 1.82) is 0 Å². The summed E-state index contributed by atoms with van der Waals surface area (Å²) in [7, 11) is -3.56. The summed E-state index contributed by atoms with van der Waals surface area (Å²) in [5, 5.41) is 0. The SMILES string of the molecule is C=CCCOc1ccc(S(=O)(=O)NCc2ccc(N3CCCCC3)cc2)cc1. The van der Waals surface area contributed by atoms with Gasteiger partial charge in [-0.05, 0) is 67.6 Å². The van der Waals surface area contributed by atoms with Crippen LogP contribution in [-0.4, -0.2) is 28.1 Å². The van der Waals surface area contributed by atoms with Crippen LogP contribution < -0.4 is 14.4 Å².